The molecule has 2 aromatic carbocycles. The molecule has 1 amide bonds. The number of nitrogens with one attached hydrogen (secondary N) is 2. The van der Waals surface area contributed by atoms with E-state index in [4.69, 9.17) is 0 Å². The van der Waals surface area contributed by atoms with Crippen LogP contribution < -0.4 is 10.6 Å². The third-order valence-corrected chi connectivity index (χ3v) is 4.05. The van der Waals surface area contributed by atoms with Gasteiger partial charge in [0.1, 0.15) is 0 Å². The predicted molar refractivity (Wildman–Crippen MR) is 92.4 cm³/mol. The molecular formula is C17H17BrN2O2. The van der Waals surface area contributed by atoms with E-state index in [1.807, 2.05) is 25.1 Å². The maximum atomic E-state index is 11.9. The van der Waals surface area contributed by atoms with Crippen LogP contribution in [0.2, 0.25) is 0 Å². The summed E-state index contributed by atoms with van der Waals surface area (Å²) >= 11 is 3.46. The number of hydrogen-bond donors (Lipinski definition) is 2. The number of ketones is 1. The fourth-order valence-corrected chi connectivity index (χ4v) is 2.26. The van der Waals surface area contributed by atoms with Gasteiger partial charge in [-0.1, -0.05) is 22.0 Å². The maximum Gasteiger partial charge on any atom is 0.243 e. The summed E-state index contributed by atoms with van der Waals surface area (Å²) in [5.74, 6) is -0.142. The molecule has 0 radical (unpaired) electrons. The molecule has 0 fully saturated rings. The molecule has 0 aliphatic carbocycles. The van der Waals surface area contributed by atoms with Crippen LogP contribution in [0.3, 0.4) is 0 Å². The van der Waals surface area contributed by atoms with E-state index in [2.05, 4.69) is 26.6 Å². The van der Waals surface area contributed by atoms with Crippen molar-refractivity contribution in [3.05, 3.63) is 58.1 Å². The van der Waals surface area contributed by atoms with Crippen molar-refractivity contribution in [2.45, 2.75) is 13.8 Å². The number of hydrogen-bond acceptors (Lipinski definition) is 3. The Morgan fingerprint density at radius 1 is 1.05 bits per heavy atom. The Morgan fingerprint density at radius 3 is 2.27 bits per heavy atom. The second kappa shape index (κ2) is 7.22. The minimum atomic E-state index is -0.146. The van der Waals surface area contributed by atoms with Crippen molar-refractivity contribution in [3.8, 4) is 0 Å². The number of amides is 1. The Hall–Kier alpha value is -2.14. The molecule has 0 heterocycles. The van der Waals surface area contributed by atoms with Gasteiger partial charge in [-0.3, -0.25) is 9.59 Å². The topological polar surface area (TPSA) is 58.2 Å². The lowest BCUT2D eigenvalue weighted by molar-refractivity contribution is -0.114. The lowest BCUT2D eigenvalue weighted by Gasteiger charge is -2.09. The predicted octanol–water partition coefficient (Wildman–Crippen LogP) is 4.01. The lowest BCUT2D eigenvalue weighted by Crippen LogP contribution is -2.21. The highest BCUT2D eigenvalue weighted by atomic mass is 79.9. The first-order chi connectivity index (χ1) is 10.5. The first-order valence-corrected chi connectivity index (χ1v) is 7.66. The zero-order valence-electron chi connectivity index (χ0n) is 12.4. The number of benzene rings is 2. The Kier molecular flexibility index (Phi) is 5.33. The molecule has 2 aromatic rings. The van der Waals surface area contributed by atoms with Crippen molar-refractivity contribution in [2.75, 3.05) is 17.2 Å². The number of carbonyl (C=O) groups excluding carboxylic acids is 2. The highest BCUT2D eigenvalue weighted by Crippen LogP contribution is 2.20. The van der Waals surface area contributed by atoms with Gasteiger partial charge in [-0.2, -0.15) is 0 Å². The summed E-state index contributed by atoms with van der Waals surface area (Å²) in [7, 11) is 0. The van der Waals surface area contributed by atoms with Gasteiger partial charge < -0.3 is 10.6 Å². The van der Waals surface area contributed by atoms with E-state index in [1.54, 1.807) is 24.3 Å². The molecule has 2 N–H and O–H groups in total. The van der Waals surface area contributed by atoms with E-state index >= 15 is 0 Å². The van der Waals surface area contributed by atoms with Gasteiger partial charge in [-0.05, 0) is 55.8 Å². The normalized spacial score (nSPS) is 10.1. The van der Waals surface area contributed by atoms with Gasteiger partial charge >= 0.3 is 0 Å². The lowest BCUT2D eigenvalue weighted by atomic mass is 10.1. The maximum absolute atomic E-state index is 11.9. The monoisotopic (exact) mass is 360 g/mol. The van der Waals surface area contributed by atoms with Crippen LogP contribution in [0.5, 0.6) is 0 Å². The fourth-order valence-electron chi connectivity index (χ4n) is 1.88. The second-order valence-electron chi connectivity index (χ2n) is 5.00. The van der Waals surface area contributed by atoms with E-state index in [-0.39, 0.29) is 18.2 Å². The second-order valence-corrected chi connectivity index (χ2v) is 5.85. The van der Waals surface area contributed by atoms with Crippen molar-refractivity contribution in [2.24, 2.45) is 0 Å². The summed E-state index contributed by atoms with van der Waals surface area (Å²) in [5, 5.41) is 5.85. The van der Waals surface area contributed by atoms with Crippen molar-refractivity contribution >= 4 is 39.0 Å². The van der Waals surface area contributed by atoms with Gasteiger partial charge in [0.05, 0.1) is 6.54 Å². The van der Waals surface area contributed by atoms with Crippen LogP contribution in [0.1, 0.15) is 22.8 Å². The number of carbonyl (C=O) groups is 2. The molecule has 0 unspecified atom stereocenters. The SMILES string of the molecule is CC(=O)c1ccc(NC(=O)CNc2ccc(C)c(Br)c2)cc1. The average Bonchev–Trinajstić information content (AvgIpc) is 2.49. The quantitative estimate of drug-likeness (QED) is 0.792. The molecule has 0 saturated heterocycles. The Balaban J connectivity index is 1.89. The summed E-state index contributed by atoms with van der Waals surface area (Å²) in [6.07, 6.45) is 0. The summed E-state index contributed by atoms with van der Waals surface area (Å²) in [4.78, 5) is 23.1. The highest BCUT2D eigenvalue weighted by Gasteiger charge is 2.04. The van der Waals surface area contributed by atoms with Crippen LogP contribution in [0.25, 0.3) is 0 Å². The minimum absolute atomic E-state index is 0.00416. The number of rotatable bonds is 5. The third-order valence-electron chi connectivity index (χ3n) is 3.20. The van der Waals surface area contributed by atoms with E-state index in [1.165, 1.54) is 6.92 Å². The van der Waals surface area contributed by atoms with Crippen LogP contribution >= 0.6 is 15.9 Å². The van der Waals surface area contributed by atoms with E-state index < -0.39 is 0 Å². The summed E-state index contributed by atoms with van der Waals surface area (Å²) in [6, 6.07) is 12.7. The molecule has 5 heteroatoms. The summed E-state index contributed by atoms with van der Waals surface area (Å²) in [6.45, 7) is 3.69. The number of aryl methyl sites for hydroxylation is 1. The van der Waals surface area contributed by atoms with Crippen molar-refractivity contribution in [1.82, 2.24) is 0 Å². The number of halogens is 1. The van der Waals surface area contributed by atoms with E-state index in [0.29, 0.717) is 11.3 Å². The van der Waals surface area contributed by atoms with Crippen LogP contribution in [-0.2, 0) is 4.79 Å². The smallest absolute Gasteiger partial charge is 0.243 e. The molecular weight excluding hydrogens is 344 g/mol. The van der Waals surface area contributed by atoms with Crippen LogP contribution in [0, 0.1) is 6.92 Å². The Morgan fingerprint density at radius 2 is 1.68 bits per heavy atom. The molecule has 4 nitrogen and oxygen atoms in total. The van der Waals surface area contributed by atoms with Gasteiger partial charge in [0.15, 0.2) is 5.78 Å². The molecule has 0 aliphatic heterocycles. The Bertz CT molecular complexity index is 696. The number of Topliss-reactive ketones (excluding diaryl/α,β-unsaturated/α-hetero) is 1. The summed E-state index contributed by atoms with van der Waals surface area (Å²) in [5.41, 5.74) is 3.31. The zero-order valence-corrected chi connectivity index (χ0v) is 14.0. The van der Waals surface area contributed by atoms with Crippen LogP contribution in [0.15, 0.2) is 46.9 Å². The van der Waals surface area contributed by atoms with Gasteiger partial charge in [-0.25, -0.2) is 0 Å². The highest BCUT2D eigenvalue weighted by molar-refractivity contribution is 9.10. The average molecular weight is 361 g/mol. The minimum Gasteiger partial charge on any atom is -0.376 e. The first-order valence-electron chi connectivity index (χ1n) is 6.86. The molecule has 22 heavy (non-hydrogen) atoms. The van der Waals surface area contributed by atoms with Crippen LogP contribution in [0.4, 0.5) is 11.4 Å². The largest absolute Gasteiger partial charge is 0.376 e. The molecule has 0 aliphatic rings. The fraction of sp³-hybridized carbons (Fsp3) is 0.176. The Labute approximate surface area is 138 Å². The van der Waals surface area contributed by atoms with Gasteiger partial charge in [0.2, 0.25) is 5.91 Å². The van der Waals surface area contributed by atoms with Gasteiger partial charge in [-0.15, -0.1) is 0 Å². The first kappa shape index (κ1) is 16.2. The third kappa shape index (κ3) is 4.43. The molecule has 0 aromatic heterocycles. The van der Waals surface area contributed by atoms with Gasteiger partial charge in [0.25, 0.3) is 0 Å². The molecule has 0 atom stereocenters. The van der Waals surface area contributed by atoms with Crippen molar-refractivity contribution in [3.63, 3.8) is 0 Å². The van der Waals surface area contributed by atoms with Crippen molar-refractivity contribution < 1.29 is 9.59 Å². The molecule has 114 valence electrons. The number of anilines is 2. The molecule has 0 spiro atoms. The van der Waals surface area contributed by atoms with E-state index in [0.717, 1.165) is 15.7 Å². The van der Waals surface area contributed by atoms with Crippen LogP contribution in [-0.4, -0.2) is 18.2 Å². The molecule has 2 rings (SSSR count). The molecule has 0 saturated carbocycles. The van der Waals surface area contributed by atoms with Crippen molar-refractivity contribution in [1.29, 1.82) is 0 Å². The standard InChI is InChI=1S/C17H17BrN2O2/c1-11-3-6-15(9-16(11)18)19-10-17(22)20-14-7-4-13(5-8-14)12(2)21/h3-9,19H,10H2,1-2H3,(H,20,22). The summed E-state index contributed by atoms with van der Waals surface area (Å²) < 4.78 is 0.998. The zero-order chi connectivity index (χ0) is 16.1. The van der Waals surface area contributed by atoms with Gasteiger partial charge in [0, 0.05) is 21.4 Å². The van der Waals surface area contributed by atoms with E-state index in [9.17, 15) is 9.59 Å². The molecule has 0 bridgehead atoms.